The molecule has 0 aliphatic rings. The van der Waals surface area contributed by atoms with E-state index in [9.17, 15) is 4.55 Å². The third-order valence-corrected chi connectivity index (χ3v) is 2.45. The topological polar surface area (TPSA) is 20.2 Å². The average Bonchev–Trinajstić information content (AvgIpc) is 1.88. The van der Waals surface area contributed by atoms with Crippen molar-refractivity contribution in [3.05, 3.63) is 36.6 Å². The van der Waals surface area contributed by atoms with Crippen molar-refractivity contribution in [3.8, 4) is 0 Å². The zero-order valence-electron chi connectivity index (χ0n) is 5.82. The van der Waals surface area contributed by atoms with E-state index in [1.165, 1.54) is 0 Å². The summed E-state index contributed by atoms with van der Waals surface area (Å²) in [5.74, 6) is 0. The number of hydrogen-bond acceptors (Lipinski definition) is 1. The Hall–Kier alpha value is -0.470. The molecule has 1 aromatic rings. The van der Waals surface area contributed by atoms with Gasteiger partial charge < -0.3 is 4.55 Å². The summed E-state index contributed by atoms with van der Waals surface area (Å²) in [7, 11) is -2.00. The highest BCUT2D eigenvalue weighted by molar-refractivity contribution is 8.29. The van der Waals surface area contributed by atoms with Crippen LogP contribution < -0.4 is 0 Å². The molecule has 0 aliphatic carbocycles. The van der Waals surface area contributed by atoms with Gasteiger partial charge in [0.2, 0.25) is 0 Å². The predicted octanol–water partition coefficient (Wildman–Crippen LogP) is 2.62. The first-order chi connectivity index (χ1) is 4.61. The van der Waals surface area contributed by atoms with Crippen LogP contribution in [0.2, 0.25) is 0 Å². The Balaban J connectivity index is 2.97. The minimum absolute atomic E-state index is 0.815. The smallest absolute Gasteiger partial charge is 0.0418 e. The largest absolute Gasteiger partial charge is 0.347 e. The van der Waals surface area contributed by atoms with Crippen LogP contribution in [-0.4, -0.2) is 10.8 Å². The second-order valence-corrected chi connectivity index (χ2v) is 4.60. The fourth-order valence-corrected chi connectivity index (χ4v) is 1.40. The molecule has 0 aromatic heterocycles. The Morgan fingerprint density at radius 3 is 2.10 bits per heavy atom. The zero-order valence-corrected chi connectivity index (χ0v) is 6.64. The first kappa shape index (κ1) is 7.63. The van der Waals surface area contributed by atoms with E-state index >= 15 is 0 Å². The normalized spacial score (nSPS) is 13.1. The lowest BCUT2D eigenvalue weighted by Gasteiger charge is -2.22. The molecule has 1 N–H and O–H groups in total. The van der Waals surface area contributed by atoms with Crippen molar-refractivity contribution in [1.82, 2.24) is 0 Å². The molecule has 0 saturated heterocycles. The fourth-order valence-electron chi connectivity index (χ4n) is 0.696. The standard InChI is InChI=1S/C8H10OS/c1-10(2,9)8-6-4-3-5-7-8/h1,3-7,9H,2H3. The van der Waals surface area contributed by atoms with E-state index in [1.54, 1.807) is 6.26 Å². The monoisotopic (exact) mass is 154 g/mol. The van der Waals surface area contributed by atoms with Crippen LogP contribution in [0, 0.1) is 6.26 Å². The summed E-state index contributed by atoms with van der Waals surface area (Å²) in [6.45, 7) is 0. The molecule has 1 nitrogen and oxygen atoms in total. The third-order valence-electron chi connectivity index (χ3n) is 1.22. The van der Waals surface area contributed by atoms with Crippen LogP contribution in [-0.2, 0) is 0 Å². The molecule has 54 valence electrons. The number of rotatable bonds is 1. The highest BCUT2D eigenvalue weighted by Crippen LogP contribution is 2.46. The van der Waals surface area contributed by atoms with E-state index in [2.05, 4.69) is 0 Å². The molecule has 1 unspecified atom stereocenters. The molecule has 0 bridgehead atoms. The van der Waals surface area contributed by atoms with Gasteiger partial charge in [-0.1, -0.05) is 18.2 Å². The molecule has 2 radical (unpaired) electrons. The van der Waals surface area contributed by atoms with Crippen LogP contribution in [0.1, 0.15) is 0 Å². The molecule has 10 heavy (non-hydrogen) atoms. The summed E-state index contributed by atoms with van der Waals surface area (Å²) in [6.07, 6.45) is 7.14. The van der Waals surface area contributed by atoms with Gasteiger partial charge in [-0.3, -0.25) is 0 Å². The molecule has 0 amide bonds. The summed E-state index contributed by atoms with van der Waals surface area (Å²) in [5.41, 5.74) is 0. The first-order valence-corrected chi connectivity index (χ1v) is 5.00. The third kappa shape index (κ3) is 1.75. The van der Waals surface area contributed by atoms with Crippen molar-refractivity contribution in [2.45, 2.75) is 4.90 Å². The Bertz CT molecular complexity index is 200. The fraction of sp³-hybridized carbons (Fsp3) is 0.125. The highest BCUT2D eigenvalue weighted by atomic mass is 32.3. The molecule has 0 spiro atoms. The molecule has 1 rings (SSSR count). The zero-order chi connectivity index (χ0) is 7.61. The van der Waals surface area contributed by atoms with E-state index in [0.29, 0.717) is 0 Å². The van der Waals surface area contributed by atoms with Crippen molar-refractivity contribution in [2.24, 2.45) is 0 Å². The molecule has 1 atom stereocenters. The van der Waals surface area contributed by atoms with E-state index in [-0.39, 0.29) is 0 Å². The second kappa shape index (κ2) is 2.64. The quantitative estimate of drug-likeness (QED) is 0.659. The average molecular weight is 154 g/mol. The van der Waals surface area contributed by atoms with Crippen molar-refractivity contribution >= 4 is 10.3 Å². The minimum atomic E-state index is -2.00. The maximum absolute atomic E-state index is 9.35. The van der Waals surface area contributed by atoms with Crippen LogP contribution in [0.25, 0.3) is 0 Å². The summed E-state index contributed by atoms with van der Waals surface area (Å²) in [6, 6.07) is 9.28. The van der Waals surface area contributed by atoms with Crippen LogP contribution >= 0.6 is 10.3 Å². The van der Waals surface area contributed by atoms with Crippen molar-refractivity contribution in [2.75, 3.05) is 6.26 Å². The maximum Gasteiger partial charge on any atom is 0.0418 e. The molecular weight excluding hydrogens is 144 g/mol. The summed E-state index contributed by atoms with van der Waals surface area (Å²) in [5, 5.41) is 0. The molecule has 0 fully saturated rings. The summed E-state index contributed by atoms with van der Waals surface area (Å²) in [4.78, 5) is 0.815. The highest BCUT2D eigenvalue weighted by Gasteiger charge is 2.07. The van der Waals surface area contributed by atoms with Crippen LogP contribution in [0.4, 0.5) is 0 Å². The minimum Gasteiger partial charge on any atom is -0.347 e. The van der Waals surface area contributed by atoms with Gasteiger partial charge in [0, 0.05) is 11.2 Å². The van der Waals surface area contributed by atoms with Gasteiger partial charge in [0.1, 0.15) is 0 Å². The Morgan fingerprint density at radius 2 is 1.80 bits per heavy atom. The SMILES string of the molecule is [CH]S(C)(O)c1ccccc1. The lowest BCUT2D eigenvalue weighted by Crippen LogP contribution is -1.89. The van der Waals surface area contributed by atoms with Gasteiger partial charge in [0.05, 0.1) is 0 Å². The van der Waals surface area contributed by atoms with Crippen molar-refractivity contribution in [1.29, 1.82) is 0 Å². The van der Waals surface area contributed by atoms with Crippen LogP contribution in [0.5, 0.6) is 0 Å². The van der Waals surface area contributed by atoms with E-state index in [0.717, 1.165) is 4.90 Å². The maximum atomic E-state index is 9.35. The number of benzene rings is 1. The van der Waals surface area contributed by atoms with Gasteiger partial charge in [-0.15, -0.1) is 10.3 Å². The van der Waals surface area contributed by atoms with Crippen LogP contribution in [0.15, 0.2) is 35.2 Å². The Kier molecular flexibility index (Phi) is 2.02. The van der Waals surface area contributed by atoms with Gasteiger partial charge in [-0.25, -0.2) is 0 Å². The molecular formula is C8H10OS. The Morgan fingerprint density at radius 1 is 1.30 bits per heavy atom. The van der Waals surface area contributed by atoms with Gasteiger partial charge >= 0.3 is 0 Å². The predicted molar refractivity (Wildman–Crippen MR) is 45.2 cm³/mol. The lowest BCUT2D eigenvalue weighted by molar-refractivity contribution is 0.640. The molecule has 0 aliphatic heterocycles. The van der Waals surface area contributed by atoms with Gasteiger partial charge in [-0.05, 0) is 18.4 Å². The summed E-state index contributed by atoms with van der Waals surface area (Å²) < 4.78 is 9.35. The van der Waals surface area contributed by atoms with E-state index in [1.807, 2.05) is 30.3 Å². The van der Waals surface area contributed by atoms with Crippen molar-refractivity contribution in [3.63, 3.8) is 0 Å². The number of hydrogen-bond donors (Lipinski definition) is 1. The summed E-state index contributed by atoms with van der Waals surface area (Å²) >= 11 is 0. The van der Waals surface area contributed by atoms with E-state index < -0.39 is 10.3 Å². The molecule has 1 aromatic carbocycles. The molecule has 2 heteroatoms. The van der Waals surface area contributed by atoms with Crippen molar-refractivity contribution < 1.29 is 4.55 Å². The molecule has 0 saturated carbocycles. The van der Waals surface area contributed by atoms with Gasteiger partial charge in [0.15, 0.2) is 0 Å². The van der Waals surface area contributed by atoms with E-state index in [4.69, 9.17) is 6.26 Å². The Labute approximate surface area is 63.2 Å². The molecule has 0 heterocycles. The van der Waals surface area contributed by atoms with Gasteiger partial charge in [-0.2, -0.15) is 0 Å². The second-order valence-electron chi connectivity index (χ2n) is 2.25. The lowest BCUT2D eigenvalue weighted by atomic mass is 10.4. The van der Waals surface area contributed by atoms with Gasteiger partial charge in [0.25, 0.3) is 0 Å². The van der Waals surface area contributed by atoms with Crippen LogP contribution in [0.3, 0.4) is 0 Å². The first-order valence-electron chi connectivity index (χ1n) is 2.94.